The molecule has 0 spiro atoms. The van der Waals surface area contributed by atoms with Crippen LogP contribution in [0.4, 0.5) is 0 Å². The monoisotopic (exact) mass is 270 g/mol. The molecule has 1 aliphatic heterocycles. The van der Waals surface area contributed by atoms with E-state index in [0.717, 1.165) is 6.42 Å². The third-order valence-corrected chi connectivity index (χ3v) is 3.86. The minimum absolute atomic E-state index is 0.118. The van der Waals surface area contributed by atoms with Crippen LogP contribution in [0.25, 0.3) is 0 Å². The van der Waals surface area contributed by atoms with Crippen LogP contribution in [0.3, 0.4) is 0 Å². The first kappa shape index (κ1) is 16.7. The molecule has 1 aliphatic rings. The summed E-state index contributed by atoms with van der Waals surface area (Å²) in [5, 5.41) is 10.2. The maximum absolute atomic E-state index is 10.2. The van der Waals surface area contributed by atoms with Gasteiger partial charge >= 0.3 is 0 Å². The summed E-state index contributed by atoms with van der Waals surface area (Å²) in [5.74, 6) is 0.249. The summed E-state index contributed by atoms with van der Waals surface area (Å²) in [6.07, 6.45) is 10.8. The lowest BCUT2D eigenvalue weighted by molar-refractivity contribution is -0.155. The number of unbranched alkanes of at least 4 members (excludes halogenated alkanes) is 5. The van der Waals surface area contributed by atoms with E-state index < -0.39 is 6.10 Å². The van der Waals surface area contributed by atoms with Crippen molar-refractivity contribution in [1.29, 1.82) is 0 Å². The summed E-state index contributed by atoms with van der Waals surface area (Å²) in [6.45, 7) is 4.93. The lowest BCUT2D eigenvalue weighted by Gasteiger charge is -2.36. The molecule has 0 aliphatic carbocycles. The molecule has 1 heterocycles. The van der Waals surface area contributed by atoms with Crippen molar-refractivity contribution in [1.82, 2.24) is 0 Å². The first-order chi connectivity index (χ1) is 9.20. The number of rotatable bonds is 8. The molecule has 1 N–H and O–H groups in total. The van der Waals surface area contributed by atoms with Gasteiger partial charge in [-0.15, -0.1) is 0 Å². The topological polar surface area (TPSA) is 38.7 Å². The summed E-state index contributed by atoms with van der Waals surface area (Å²) in [5.41, 5.74) is 0. The molecule has 0 aromatic rings. The van der Waals surface area contributed by atoms with E-state index in [2.05, 4.69) is 13.0 Å². The highest BCUT2D eigenvalue weighted by Crippen LogP contribution is 2.23. The van der Waals surface area contributed by atoms with Gasteiger partial charge in [-0.25, -0.2) is 0 Å². The van der Waals surface area contributed by atoms with Gasteiger partial charge in [0, 0.05) is 13.0 Å². The highest BCUT2D eigenvalue weighted by atomic mass is 16.5. The molecule has 4 atom stereocenters. The zero-order chi connectivity index (χ0) is 14.1. The molecule has 1 rings (SSSR count). The summed E-state index contributed by atoms with van der Waals surface area (Å²) < 4.78 is 11.0. The molecule has 0 radical (unpaired) electrons. The number of allylic oxidation sites excluding steroid dienone is 1. The predicted octanol–water partition coefficient (Wildman–Crippen LogP) is 3.31. The number of aliphatic hydroxyl groups is 1. The summed E-state index contributed by atoms with van der Waals surface area (Å²) in [6, 6.07) is 0. The molecule has 112 valence electrons. The number of hydrogen-bond donors (Lipinski definition) is 1. The van der Waals surface area contributed by atoms with Crippen molar-refractivity contribution in [3.8, 4) is 0 Å². The zero-order valence-corrected chi connectivity index (χ0v) is 12.7. The number of aliphatic hydroxyl groups excluding tert-OH is 1. The van der Waals surface area contributed by atoms with Gasteiger partial charge in [0.15, 0.2) is 0 Å². The molecule has 1 fully saturated rings. The minimum atomic E-state index is -0.551. The predicted molar refractivity (Wildman–Crippen MR) is 78.2 cm³/mol. The summed E-state index contributed by atoms with van der Waals surface area (Å²) in [4.78, 5) is 0. The van der Waals surface area contributed by atoms with Crippen LogP contribution in [0.5, 0.6) is 0 Å². The molecular formula is C16H30O3. The van der Waals surface area contributed by atoms with Crippen LogP contribution in [0.1, 0.15) is 52.4 Å². The van der Waals surface area contributed by atoms with Crippen LogP contribution in [-0.2, 0) is 9.47 Å². The number of ether oxygens (including phenoxy) is 2. The van der Waals surface area contributed by atoms with Crippen LogP contribution in [0.15, 0.2) is 12.2 Å². The van der Waals surface area contributed by atoms with E-state index in [9.17, 15) is 5.11 Å². The Morgan fingerprint density at radius 3 is 2.68 bits per heavy atom. The second-order valence-corrected chi connectivity index (χ2v) is 5.60. The second-order valence-electron chi connectivity index (χ2n) is 5.60. The Balaban J connectivity index is 2.24. The van der Waals surface area contributed by atoms with E-state index in [1.165, 1.54) is 32.1 Å². The first-order valence-electron chi connectivity index (χ1n) is 7.69. The van der Waals surface area contributed by atoms with Gasteiger partial charge in [-0.05, 0) is 12.8 Å². The van der Waals surface area contributed by atoms with Gasteiger partial charge in [0.2, 0.25) is 0 Å². The third-order valence-electron chi connectivity index (χ3n) is 3.86. The molecule has 0 unspecified atom stereocenters. The second kappa shape index (κ2) is 9.51. The Morgan fingerprint density at radius 2 is 2.00 bits per heavy atom. The van der Waals surface area contributed by atoms with E-state index in [1.807, 2.05) is 13.0 Å². The molecule has 3 nitrogen and oxygen atoms in total. The molecule has 0 saturated carbocycles. The highest BCUT2D eigenvalue weighted by molar-refractivity contribution is 4.99. The van der Waals surface area contributed by atoms with E-state index >= 15 is 0 Å². The third kappa shape index (κ3) is 5.64. The first-order valence-corrected chi connectivity index (χ1v) is 7.69. The van der Waals surface area contributed by atoms with Crippen LogP contribution < -0.4 is 0 Å². The van der Waals surface area contributed by atoms with Gasteiger partial charge in [-0.3, -0.25) is 0 Å². The van der Waals surface area contributed by atoms with E-state index in [4.69, 9.17) is 9.47 Å². The van der Waals surface area contributed by atoms with Gasteiger partial charge < -0.3 is 14.6 Å². The SMILES string of the molecule is CCCCCCCC=C[C@@H]1OC[C@H](C)[C@H](OC)[C@@H]1O. The van der Waals surface area contributed by atoms with Gasteiger partial charge in [-0.2, -0.15) is 0 Å². The average molecular weight is 270 g/mol. The number of methoxy groups -OCH3 is 1. The molecule has 19 heavy (non-hydrogen) atoms. The summed E-state index contributed by atoms with van der Waals surface area (Å²) >= 11 is 0. The smallest absolute Gasteiger partial charge is 0.110 e. The van der Waals surface area contributed by atoms with Crippen molar-refractivity contribution in [3.05, 3.63) is 12.2 Å². The van der Waals surface area contributed by atoms with E-state index in [0.29, 0.717) is 6.61 Å². The van der Waals surface area contributed by atoms with Gasteiger partial charge in [0.05, 0.1) is 12.7 Å². The van der Waals surface area contributed by atoms with Crippen LogP contribution in [0.2, 0.25) is 0 Å². The molecular weight excluding hydrogens is 240 g/mol. The zero-order valence-electron chi connectivity index (χ0n) is 12.7. The molecule has 0 amide bonds. The van der Waals surface area contributed by atoms with Crippen LogP contribution >= 0.6 is 0 Å². The maximum atomic E-state index is 10.2. The molecule has 0 bridgehead atoms. The van der Waals surface area contributed by atoms with Crippen molar-refractivity contribution in [3.63, 3.8) is 0 Å². The molecule has 0 aromatic heterocycles. The van der Waals surface area contributed by atoms with Crippen molar-refractivity contribution >= 4 is 0 Å². The summed E-state index contributed by atoms with van der Waals surface area (Å²) in [7, 11) is 1.66. The van der Waals surface area contributed by atoms with Crippen molar-refractivity contribution in [2.75, 3.05) is 13.7 Å². The van der Waals surface area contributed by atoms with Gasteiger partial charge in [0.1, 0.15) is 12.2 Å². The Bertz CT molecular complexity index is 252. The van der Waals surface area contributed by atoms with Gasteiger partial charge in [-0.1, -0.05) is 51.7 Å². The quantitative estimate of drug-likeness (QED) is 0.543. The van der Waals surface area contributed by atoms with Crippen LogP contribution in [-0.4, -0.2) is 37.1 Å². The van der Waals surface area contributed by atoms with E-state index in [1.54, 1.807) is 7.11 Å². The lowest BCUT2D eigenvalue weighted by atomic mass is 9.93. The highest BCUT2D eigenvalue weighted by Gasteiger charge is 2.35. The fourth-order valence-corrected chi connectivity index (χ4v) is 2.62. The fraction of sp³-hybridized carbons (Fsp3) is 0.875. The standard InChI is InChI=1S/C16H30O3/c1-4-5-6-7-8-9-10-11-14-15(17)16(18-3)13(2)12-19-14/h10-11,13-17H,4-9,12H2,1-3H3/t13-,14-,15+,16-/m0/s1. The van der Waals surface area contributed by atoms with Crippen molar-refractivity contribution < 1.29 is 14.6 Å². The van der Waals surface area contributed by atoms with Crippen LogP contribution in [0, 0.1) is 5.92 Å². The maximum Gasteiger partial charge on any atom is 0.110 e. The molecule has 0 aromatic carbocycles. The van der Waals surface area contributed by atoms with Gasteiger partial charge in [0.25, 0.3) is 0 Å². The molecule has 3 heteroatoms. The lowest BCUT2D eigenvalue weighted by Crippen LogP contribution is -2.49. The van der Waals surface area contributed by atoms with Crippen molar-refractivity contribution in [2.24, 2.45) is 5.92 Å². The van der Waals surface area contributed by atoms with Crippen molar-refractivity contribution in [2.45, 2.75) is 70.7 Å². The largest absolute Gasteiger partial charge is 0.387 e. The average Bonchev–Trinajstić information content (AvgIpc) is 2.40. The fourth-order valence-electron chi connectivity index (χ4n) is 2.62. The minimum Gasteiger partial charge on any atom is -0.387 e. The Hall–Kier alpha value is -0.380. The Morgan fingerprint density at radius 1 is 1.26 bits per heavy atom. The molecule has 1 saturated heterocycles. The Kier molecular flexibility index (Phi) is 8.35. The normalized spacial score (nSPS) is 32.0. The Labute approximate surface area is 118 Å². The van der Waals surface area contributed by atoms with E-state index in [-0.39, 0.29) is 18.1 Å². The number of hydrogen-bond acceptors (Lipinski definition) is 3.